The van der Waals surface area contributed by atoms with Gasteiger partial charge in [0.25, 0.3) is 11.9 Å². The number of benzene rings is 2. The normalized spacial score (nSPS) is 10.3. The summed E-state index contributed by atoms with van der Waals surface area (Å²) < 4.78 is 31.3. The van der Waals surface area contributed by atoms with Gasteiger partial charge in [-0.3, -0.25) is 10.1 Å². The minimum Gasteiger partial charge on any atom is -0.457 e. The van der Waals surface area contributed by atoms with Gasteiger partial charge in [-0.2, -0.15) is 5.21 Å². The zero-order chi connectivity index (χ0) is 16.2. The number of ether oxygens (including phenoxy) is 1. The Morgan fingerprint density at radius 1 is 1.04 bits per heavy atom. The van der Waals surface area contributed by atoms with Crippen molar-refractivity contribution in [2.75, 3.05) is 5.32 Å². The van der Waals surface area contributed by atoms with E-state index < -0.39 is 17.5 Å². The minimum absolute atomic E-state index is 0.0529. The van der Waals surface area contributed by atoms with Crippen molar-refractivity contribution >= 4 is 11.9 Å². The molecule has 0 spiro atoms. The Morgan fingerprint density at radius 3 is 2.43 bits per heavy atom. The number of nitrogens with one attached hydrogen (secondary N) is 2. The molecule has 9 heteroatoms. The Kier molecular flexibility index (Phi) is 3.91. The van der Waals surface area contributed by atoms with Gasteiger partial charge in [0, 0.05) is 11.6 Å². The Hall–Kier alpha value is -3.36. The Bertz CT molecular complexity index is 822. The van der Waals surface area contributed by atoms with E-state index in [-0.39, 0.29) is 11.7 Å². The first-order chi connectivity index (χ1) is 11.1. The lowest BCUT2D eigenvalue weighted by Gasteiger charge is -2.07. The van der Waals surface area contributed by atoms with Crippen molar-refractivity contribution < 1.29 is 18.3 Å². The lowest BCUT2D eigenvalue weighted by Crippen LogP contribution is -2.12. The zero-order valence-corrected chi connectivity index (χ0v) is 11.5. The van der Waals surface area contributed by atoms with Gasteiger partial charge in [-0.05, 0) is 41.6 Å². The summed E-state index contributed by atoms with van der Waals surface area (Å²) in [6, 6.07) is 9.26. The first-order valence-corrected chi connectivity index (χ1v) is 6.39. The standard InChI is InChI=1S/C14H9F2N5O2/c15-11-6-5-10(7-12(11)16)23-9-3-1-8(2-4-9)13(22)17-14-18-20-21-19-14/h1-7H,(H2,17,18,19,20,21,22). The molecule has 2 N–H and O–H groups in total. The van der Waals surface area contributed by atoms with Crippen molar-refractivity contribution in [1.82, 2.24) is 20.6 Å². The highest BCUT2D eigenvalue weighted by atomic mass is 19.2. The fraction of sp³-hybridized carbons (Fsp3) is 0. The molecule has 0 saturated heterocycles. The van der Waals surface area contributed by atoms with Crippen LogP contribution in [0.4, 0.5) is 14.7 Å². The molecule has 7 nitrogen and oxygen atoms in total. The Labute approximate surface area is 128 Å². The van der Waals surface area contributed by atoms with Crippen molar-refractivity contribution in [1.29, 1.82) is 0 Å². The summed E-state index contributed by atoms with van der Waals surface area (Å²) in [7, 11) is 0. The molecule has 1 heterocycles. The van der Waals surface area contributed by atoms with Gasteiger partial charge < -0.3 is 4.74 Å². The van der Waals surface area contributed by atoms with E-state index in [1.54, 1.807) is 0 Å². The van der Waals surface area contributed by atoms with Gasteiger partial charge in [-0.15, -0.1) is 5.10 Å². The first-order valence-electron chi connectivity index (χ1n) is 6.39. The third-order valence-electron chi connectivity index (χ3n) is 2.81. The second-order valence-corrected chi connectivity index (χ2v) is 4.39. The number of aromatic amines is 1. The molecule has 1 aromatic heterocycles. The molecule has 3 aromatic rings. The van der Waals surface area contributed by atoms with Crippen LogP contribution in [-0.2, 0) is 0 Å². The first kappa shape index (κ1) is 14.6. The van der Waals surface area contributed by atoms with Crippen LogP contribution >= 0.6 is 0 Å². The summed E-state index contributed by atoms with van der Waals surface area (Å²) in [5.41, 5.74) is 0.340. The van der Waals surface area contributed by atoms with Crippen LogP contribution in [-0.4, -0.2) is 26.5 Å². The maximum absolute atomic E-state index is 13.1. The molecule has 0 atom stereocenters. The summed E-state index contributed by atoms with van der Waals surface area (Å²) in [5, 5.41) is 15.2. The van der Waals surface area contributed by atoms with Crippen LogP contribution in [0.5, 0.6) is 11.5 Å². The van der Waals surface area contributed by atoms with Crippen LogP contribution in [0.25, 0.3) is 0 Å². The summed E-state index contributed by atoms with van der Waals surface area (Å²) >= 11 is 0. The molecule has 1 amide bonds. The van der Waals surface area contributed by atoms with Crippen molar-refractivity contribution in [2.24, 2.45) is 0 Å². The summed E-state index contributed by atoms with van der Waals surface area (Å²) in [6.45, 7) is 0. The fourth-order valence-corrected chi connectivity index (χ4v) is 1.74. The van der Waals surface area contributed by atoms with Gasteiger partial charge in [0.2, 0.25) is 0 Å². The quantitative estimate of drug-likeness (QED) is 0.771. The Morgan fingerprint density at radius 2 is 1.78 bits per heavy atom. The molecule has 0 unspecified atom stereocenters. The van der Waals surface area contributed by atoms with Crippen LogP contribution in [0.15, 0.2) is 42.5 Å². The number of carbonyl (C=O) groups excluding carboxylic acids is 1. The molecular weight excluding hydrogens is 308 g/mol. The smallest absolute Gasteiger partial charge is 0.270 e. The zero-order valence-electron chi connectivity index (χ0n) is 11.5. The monoisotopic (exact) mass is 317 g/mol. The number of halogens is 2. The molecule has 3 rings (SSSR count). The average Bonchev–Trinajstić information content (AvgIpc) is 3.04. The van der Waals surface area contributed by atoms with Crippen molar-refractivity contribution in [3.8, 4) is 11.5 Å². The van der Waals surface area contributed by atoms with E-state index in [2.05, 4.69) is 25.9 Å². The van der Waals surface area contributed by atoms with Gasteiger partial charge >= 0.3 is 0 Å². The number of H-pyrrole nitrogens is 1. The third kappa shape index (κ3) is 3.46. The van der Waals surface area contributed by atoms with Crippen LogP contribution in [0.3, 0.4) is 0 Å². The molecule has 0 aliphatic rings. The van der Waals surface area contributed by atoms with E-state index in [9.17, 15) is 13.6 Å². The number of hydrogen-bond acceptors (Lipinski definition) is 5. The second-order valence-electron chi connectivity index (χ2n) is 4.39. The van der Waals surface area contributed by atoms with E-state index in [0.717, 1.165) is 12.1 Å². The second kappa shape index (κ2) is 6.18. The van der Waals surface area contributed by atoms with Crippen LogP contribution in [0.2, 0.25) is 0 Å². The maximum Gasteiger partial charge on any atom is 0.270 e. The molecule has 0 bridgehead atoms. The highest BCUT2D eigenvalue weighted by Crippen LogP contribution is 2.23. The molecular formula is C14H9F2N5O2. The number of rotatable bonds is 4. The molecule has 0 fully saturated rings. The average molecular weight is 317 g/mol. The SMILES string of the molecule is O=C(Nc1nn[nH]n1)c1ccc(Oc2ccc(F)c(F)c2)cc1. The van der Waals surface area contributed by atoms with Crippen LogP contribution in [0, 0.1) is 11.6 Å². The van der Waals surface area contributed by atoms with Gasteiger partial charge in [0.1, 0.15) is 11.5 Å². The number of amides is 1. The largest absolute Gasteiger partial charge is 0.457 e. The number of nitrogens with zero attached hydrogens (tertiary/aromatic N) is 3. The van der Waals surface area contributed by atoms with E-state index in [1.165, 1.54) is 30.3 Å². The van der Waals surface area contributed by atoms with E-state index in [0.29, 0.717) is 11.3 Å². The lowest BCUT2D eigenvalue weighted by atomic mass is 10.2. The van der Waals surface area contributed by atoms with E-state index in [1.807, 2.05) is 0 Å². The summed E-state index contributed by atoms with van der Waals surface area (Å²) in [6.07, 6.45) is 0. The molecule has 0 saturated carbocycles. The number of aromatic nitrogens is 4. The van der Waals surface area contributed by atoms with E-state index >= 15 is 0 Å². The highest BCUT2D eigenvalue weighted by molar-refractivity contribution is 6.03. The van der Waals surface area contributed by atoms with Crippen LogP contribution < -0.4 is 10.1 Å². The number of carbonyl (C=O) groups is 1. The van der Waals surface area contributed by atoms with Gasteiger partial charge in [-0.1, -0.05) is 5.10 Å². The minimum atomic E-state index is -1.00. The molecule has 0 aliphatic carbocycles. The summed E-state index contributed by atoms with van der Waals surface area (Å²) in [4.78, 5) is 11.9. The molecule has 23 heavy (non-hydrogen) atoms. The molecule has 0 radical (unpaired) electrons. The number of anilines is 1. The van der Waals surface area contributed by atoms with Crippen LogP contribution in [0.1, 0.15) is 10.4 Å². The Balaban J connectivity index is 1.69. The van der Waals surface area contributed by atoms with Gasteiger partial charge in [0.05, 0.1) is 0 Å². The fourth-order valence-electron chi connectivity index (χ4n) is 1.74. The van der Waals surface area contributed by atoms with Gasteiger partial charge in [-0.25, -0.2) is 8.78 Å². The predicted octanol–water partition coefficient (Wildman–Crippen LogP) is 2.52. The molecule has 0 aliphatic heterocycles. The van der Waals surface area contributed by atoms with Crippen molar-refractivity contribution in [2.45, 2.75) is 0 Å². The maximum atomic E-state index is 13.1. The predicted molar refractivity (Wildman–Crippen MR) is 75.0 cm³/mol. The lowest BCUT2D eigenvalue weighted by molar-refractivity contribution is 0.102. The van der Waals surface area contributed by atoms with Crippen molar-refractivity contribution in [3.05, 3.63) is 59.7 Å². The summed E-state index contributed by atoms with van der Waals surface area (Å²) in [5.74, 6) is -1.81. The molecule has 116 valence electrons. The van der Waals surface area contributed by atoms with E-state index in [4.69, 9.17) is 4.74 Å². The third-order valence-corrected chi connectivity index (χ3v) is 2.81. The molecule has 2 aromatic carbocycles. The van der Waals surface area contributed by atoms with Gasteiger partial charge in [0.15, 0.2) is 11.6 Å². The number of tetrazole rings is 1. The topological polar surface area (TPSA) is 92.8 Å². The number of hydrogen-bond donors (Lipinski definition) is 2. The van der Waals surface area contributed by atoms with Crippen molar-refractivity contribution in [3.63, 3.8) is 0 Å². The highest BCUT2D eigenvalue weighted by Gasteiger charge is 2.09.